The Balaban J connectivity index is 1.66. The van der Waals surface area contributed by atoms with E-state index in [9.17, 15) is 0 Å². The molecule has 0 atom stereocenters. The summed E-state index contributed by atoms with van der Waals surface area (Å²) >= 11 is 7.56. The van der Waals surface area contributed by atoms with Gasteiger partial charge in [-0.3, -0.25) is 4.57 Å². The number of benzene rings is 2. The van der Waals surface area contributed by atoms with Crippen molar-refractivity contribution in [1.29, 1.82) is 0 Å². The maximum atomic E-state index is 5.98. The van der Waals surface area contributed by atoms with E-state index < -0.39 is 0 Å². The van der Waals surface area contributed by atoms with Gasteiger partial charge in [0.05, 0.1) is 13.7 Å². The van der Waals surface area contributed by atoms with Gasteiger partial charge in [0.1, 0.15) is 0 Å². The first-order chi connectivity index (χ1) is 13.2. The van der Waals surface area contributed by atoms with Crippen molar-refractivity contribution in [3.05, 3.63) is 66.2 Å². The first-order valence-corrected chi connectivity index (χ1v) is 9.78. The third-order valence-corrected chi connectivity index (χ3v) is 4.96. The van der Waals surface area contributed by atoms with Gasteiger partial charge in [-0.2, -0.15) is 0 Å². The van der Waals surface area contributed by atoms with E-state index in [-0.39, 0.29) is 0 Å². The number of rotatable bonds is 9. The van der Waals surface area contributed by atoms with Crippen molar-refractivity contribution in [2.24, 2.45) is 0 Å². The van der Waals surface area contributed by atoms with Crippen LogP contribution in [-0.2, 0) is 6.54 Å². The van der Waals surface area contributed by atoms with Crippen LogP contribution in [0.5, 0.6) is 11.5 Å². The molecule has 7 heteroatoms. The van der Waals surface area contributed by atoms with E-state index in [1.807, 2.05) is 59.2 Å². The van der Waals surface area contributed by atoms with Crippen molar-refractivity contribution in [3.63, 3.8) is 0 Å². The summed E-state index contributed by atoms with van der Waals surface area (Å²) < 4.78 is 13.1. The smallest absolute Gasteiger partial charge is 0.191 e. The second-order valence-corrected chi connectivity index (χ2v) is 7.06. The molecular weight excluding hydrogens is 382 g/mol. The lowest BCUT2D eigenvalue weighted by atomic mass is 10.2. The number of methoxy groups -OCH3 is 1. The second-order valence-electron chi connectivity index (χ2n) is 5.56. The standard InChI is InChI=1S/C20H20ClN3O2S/c1-3-12-24-19(15-8-10-16(21)11-9-15)22-23-20(24)27-14-13-26-18-7-5-4-6-17(18)25-2/h3-11H,1,12-14H2,2H3. The molecule has 0 aliphatic heterocycles. The fourth-order valence-electron chi connectivity index (χ4n) is 2.52. The molecule has 1 heterocycles. The van der Waals surface area contributed by atoms with Crippen LogP contribution < -0.4 is 9.47 Å². The summed E-state index contributed by atoms with van der Waals surface area (Å²) in [6.07, 6.45) is 1.83. The normalized spacial score (nSPS) is 10.6. The summed E-state index contributed by atoms with van der Waals surface area (Å²) in [7, 11) is 1.63. The van der Waals surface area contributed by atoms with Crippen LogP contribution >= 0.6 is 23.4 Å². The van der Waals surface area contributed by atoms with E-state index >= 15 is 0 Å². The maximum absolute atomic E-state index is 5.98. The zero-order valence-corrected chi connectivity index (χ0v) is 16.5. The average molecular weight is 402 g/mol. The van der Waals surface area contributed by atoms with Gasteiger partial charge in [0.2, 0.25) is 0 Å². The van der Waals surface area contributed by atoms with E-state index in [4.69, 9.17) is 21.1 Å². The highest BCUT2D eigenvalue weighted by Gasteiger charge is 2.13. The monoisotopic (exact) mass is 401 g/mol. The van der Waals surface area contributed by atoms with E-state index in [0.29, 0.717) is 18.2 Å². The zero-order valence-electron chi connectivity index (χ0n) is 15.0. The van der Waals surface area contributed by atoms with Crippen LogP contribution in [0.2, 0.25) is 5.02 Å². The Morgan fingerprint density at radius 1 is 1.11 bits per heavy atom. The highest BCUT2D eigenvalue weighted by atomic mass is 35.5. The number of aromatic nitrogens is 3. The lowest BCUT2D eigenvalue weighted by molar-refractivity contribution is 0.313. The van der Waals surface area contributed by atoms with E-state index in [2.05, 4.69) is 16.8 Å². The summed E-state index contributed by atoms with van der Waals surface area (Å²) in [4.78, 5) is 0. The molecule has 0 amide bonds. The van der Waals surface area contributed by atoms with Gasteiger partial charge in [-0.1, -0.05) is 41.6 Å². The van der Waals surface area contributed by atoms with Crippen LogP contribution in [0.25, 0.3) is 11.4 Å². The van der Waals surface area contributed by atoms with Crippen LogP contribution in [0.4, 0.5) is 0 Å². The van der Waals surface area contributed by atoms with E-state index in [1.165, 1.54) is 0 Å². The third kappa shape index (κ3) is 4.84. The number of thioether (sulfide) groups is 1. The van der Waals surface area contributed by atoms with Crippen molar-refractivity contribution in [2.45, 2.75) is 11.7 Å². The summed E-state index contributed by atoms with van der Waals surface area (Å²) in [6.45, 7) is 4.99. The van der Waals surface area contributed by atoms with Crippen LogP contribution in [0, 0.1) is 0 Å². The summed E-state index contributed by atoms with van der Waals surface area (Å²) in [5, 5.41) is 10.2. The molecule has 0 bridgehead atoms. The molecule has 0 spiro atoms. The second kappa shape index (κ2) is 9.48. The molecule has 0 aliphatic rings. The fraction of sp³-hybridized carbons (Fsp3) is 0.200. The molecule has 0 fully saturated rings. The van der Waals surface area contributed by atoms with Crippen molar-refractivity contribution in [3.8, 4) is 22.9 Å². The van der Waals surface area contributed by atoms with Gasteiger partial charge < -0.3 is 9.47 Å². The molecule has 0 unspecified atom stereocenters. The predicted octanol–water partition coefficient (Wildman–Crippen LogP) is 4.96. The Morgan fingerprint density at radius 2 is 1.85 bits per heavy atom. The summed E-state index contributed by atoms with van der Waals surface area (Å²) in [6, 6.07) is 15.2. The quantitative estimate of drug-likeness (QED) is 0.288. The average Bonchev–Trinajstić information content (AvgIpc) is 3.09. The molecular formula is C20H20ClN3O2S. The van der Waals surface area contributed by atoms with Gasteiger partial charge >= 0.3 is 0 Å². The topological polar surface area (TPSA) is 49.2 Å². The molecule has 2 aromatic carbocycles. The maximum Gasteiger partial charge on any atom is 0.191 e. The molecule has 140 valence electrons. The SMILES string of the molecule is C=CCn1c(SCCOc2ccccc2OC)nnc1-c1ccc(Cl)cc1. The predicted molar refractivity (Wildman–Crippen MR) is 110 cm³/mol. The summed E-state index contributed by atoms with van der Waals surface area (Å²) in [5.41, 5.74) is 0.964. The van der Waals surface area contributed by atoms with Gasteiger partial charge in [-0.05, 0) is 36.4 Å². The minimum atomic E-state index is 0.530. The number of nitrogens with zero attached hydrogens (tertiary/aromatic N) is 3. The number of ether oxygens (including phenoxy) is 2. The molecule has 3 rings (SSSR count). The molecule has 0 aliphatic carbocycles. The van der Waals surface area contributed by atoms with Gasteiger partial charge in [0.25, 0.3) is 0 Å². The van der Waals surface area contributed by atoms with Crippen molar-refractivity contribution in [2.75, 3.05) is 19.5 Å². The first-order valence-electron chi connectivity index (χ1n) is 8.41. The van der Waals surface area contributed by atoms with Gasteiger partial charge in [-0.15, -0.1) is 16.8 Å². The van der Waals surface area contributed by atoms with Gasteiger partial charge in [-0.25, -0.2) is 0 Å². The molecule has 0 saturated heterocycles. The summed E-state index contributed by atoms with van der Waals surface area (Å²) in [5.74, 6) is 2.98. The molecule has 27 heavy (non-hydrogen) atoms. The Kier molecular flexibility index (Phi) is 6.79. The number of para-hydroxylation sites is 2. The first kappa shape index (κ1) is 19.3. The Bertz CT molecular complexity index is 896. The number of allylic oxidation sites excluding steroid dienone is 1. The molecule has 3 aromatic rings. The highest BCUT2D eigenvalue weighted by Crippen LogP contribution is 2.27. The lowest BCUT2D eigenvalue weighted by Crippen LogP contribution is -2.04. The molecule has 0 radical (unpaired) electrons. The van der Waals surface area contributed by atoms with E-state index in [1.54, 1.807) is 18.9 Å². The minimum absolute atomic E-state index is 0.530. The van der Waals surface area contributed by atoms with Crippen LogP contribution in [0.1, 0.15) is 0 Å². The number of hydrogen-bond donors (Lipinski definition) is 0. The lowest BCUT2D eigenvalue weighted by Gasteiger charge is -2.10. The molecule has 0 N–H and O–H groups in total. The number of hydrogen-bond acceptors (Lipinski definition) is 5. The van der Waals surface area contributed by atoms with Gasteiger partial charge in [0, 0.05) is 22.9 Å². The Morgan fingerprint density at radius 3 is 2.56 bits per heavy atom. The largest absolute Gasteiger partial charge is 0.493 e. The fourth-order valence-corrected chi connectivity index (χ4v) is 3.41. The van der Waals surface area contributed by atoms with Crippen molar-refractivity contribution in [1.82, 2.24) is 14.8 Å². The third-order valence-electron chi connectivity index (χ3n) is 3.77. The Hall–Kier alpha value is -2.44. The highest BCUT2D eigenvalue weighted by molar-refractivity contribution is 7.99. The van der Waals surface area contributed by atoms with Crippen LogP contribution in [0.3, 0.4) is 0 Å². The van der Waals surface area contributed by atoms with Gasteiger partial charge in [0.15, 0.2) is 22.5 Å². The van der Waals surface area contributed by atoms with Crippen LogP contribution in [-0.4, -0.2) is 34.2 Å². The molecule has 5 nitrogen and oxygen atoms in total. The molecule has 1 aromatic heterocycles. The number of halogens is 1. The van der Waals surface area contributed by atoms with E-state index in [0.717, 1.165) is 33.8 Å². The molecule has 0 saturated carbocycles. The van der Waals surface area contributed by atoms with Crippen molar-refractivity contribution >= 4 is 23.4 Å². The Labute approximate surface area is 168 Å². The van der Waals surface area contributed by atoms with Crippen molar-refractivity contribution < 1.29 is 9.47 Å². The zero-order chi connectivity index (χ0) is 19.1. The van der Waals surface area contributed by atoms with Crippen LogP contribution in [0.15, 0.2) is 66.3 Å². The minimum Gasteiger partial charge on any atom is -0.493 e.